The van der Waals surface area contributed by atoms with E-state index < -0.39 is 0 Å². The molecule has 0 saturated carbocycles. The second-order valence-electron chi connectivity index (χ2n) is 3.55. The van der Waals surface area contributed by atoms with Crippen molar-refractivity contribution >= 4 is 0 Å². The summed E-state index contributed by atoms with van der Waals surface area (Å²) in [6.07, 6.45) is 4.60. The predicted octanol–water partition coefficient (Wildman–Crippen LogP) is 2.75. The monoisotopic (exact) mass is 177 g/mol. The number of aryl methyl sites for hydroxylation is 1. The van der Waals surface area contributed by atoms with Crippen LogP contribution < -0.4 is 5.73 Å². The van der Waals surface area contributed by atoms with Crippen LogP contribution in [-0.4, -0.2) is 6.04 Å². The smallest absolute Gasteiger partial charge is 0.00363 e. The van der Waals surface area contributed by atoms with Gasteiger partial charge in [0.15, 0.2) is 0 Å². The standard InChI is InChI=1S/C12H19N/c1-2-12(13)10-6-9-11-7-4-3-5-8-11/h3-5,7-8,12H,2,6,9-10,13H2,1H3. The Bertz CT molecular complexity index is 218. The molecule has 1 rings (SSSR count). The van der Waals surface area contributed by atoms with Gasteiger partial charge in [-0.1, -0.05) is 37.3 Å². The van der Waals surface area contributed by atoms with Gasteiger partial charge in [-0.2, -0.15) is 0 Å². The van der Waals surface area contributed by atoms with Crippen molar-refractivity contribution < 1.29 is 0 Å². The summed E-state index contributed by atoms with van der Waals surface area (Å²) in [5.41, 5.74) is 7.26. The molecule has 1 aromatic rings. The molecular weight excluding hydrogens is 158 g/mol. The average Bonchev–Trinajstić information content (AvgIpc) is 2.19. The highest BCUT2D eigenvalue weighted by molar-refractivity contribution is 5.14. The van der Waals surface area contributed by atoms with Crippen LogP contribution in [0.3, 0.4) is 0 Å². The maximum absolute atomic E-state index is 5.84. The van der Waals surface area contributed by atoms with Crippen LogP contribution in [0.5, 0.6) is 0 Å². The van der Waals surface area contributed by atoms with Crippen molar-refractivity contribution in [3.05, 3.63) is 35.9 Å². The van der Waals surface area contributed by atoms with Gasteiger partial charge >= 0.3 is 0 Å². The lowest BCUT2D eigenvalue weighted by atomic mass is 10.0. The van der Waals surface area contributed by atoms with Gasteiger partial charge in [-0.05, 0) is 31.2 Å². The second-order valence-corrected chi connectivity index (χ2v) is 3.55. The molecule has 0 bridgehead atoms. The van der Waals surface area contributed by atoms with E-state index in [1.54, 1.807) is 0 Å². The minimum Gasteiger partial charge on any atom is -0.328 e. The minimum absolute atomic E-state index is 0.392. The lowest BCUT2D eigenvalue weighted by Crippen LogP contribution is -2.18. The van der Waals surface area contributed by atoms with Crippen molar-refractivity contribution in [1.82, 2.24) is 0 Å². The molecule has 0 aliphatic carbocycles. The Balaban J connectivity index is 2.20. The molecule has 2 N–H and O–H groups in total. The first kappa shape index (κ1) is 10.3. The van der Waals surface area contributed by atoms with E-state index in [-0.39, 0.29) is 0 Å². The molecule has 0 saturated heterocycles. The summed E-state index contributed by atoms with van der Waals surface area (Å²) in [6, 6.07) is 11.0. The summed E-state index contributed by atoms with van der Waals surface area (Å²) < 4.78 is 0. The highest BCUT2D eigenvalue weighted by atomic mass is 14.6. The van der Waals surface area contributed by atoms with Crippen molar-refractivity contribution in [3.63, 3.8) is 0 Å². The van der Waals surface area contributed by atoms with E-state index in [9.17, 15) is 0 Å². The number of benzene rings is 1. The highest BCUT2D eigenvalue weighted by Crippen LogP contribution is 2.06. The first-order valence-electron chi connectivity index (χ1n) is 5.12. The van der Waals surface area contributed by atoms with Crippen molar-refractivity contribution in [2.75, 3.05) is 0 Å². The van der Waals surface area contributed by atoms with E-state index in [2.05, 4.69) is 37.3 Å². The summed E-state index contributed by atoms with van der Waals surface area (Å²) in [5, 5.41) is 0. The molecule has 1 unspecified atom stereocenters. The molecule has 13 heavy (non-hydrogen) atoms. The number of rotatable bonds is 5. The summed E-state index contributed by atoms with van der Waals surface area (Å²) >= 11 is 0. The van der Waals surface area contributed by atoms with E-state index in [1.807, 2.05) is 0 Å². The predicted molar refractivity (Wildman–Crippen MR) is 57.6 cm³/mol. The molecule has 0 amide bonds. The van der Waals surface area contributed by atoms with Crippen LogP contribution in [0.1, 0.15) is 31.7 Å². The van der Waals surface area contributed by atoms with Gasteiger partial charge in [0, 0.05) is 6.04 Å². The van der Waals surface area contributed by atoms with Crippen LogP contribution in [0.4, 0.5) is 0 Å². The Morgan fingerprint density at radius 2 is 1.92 bits per heavy atom. The zero-order valence-electron chi connectivity index (χ0n) is 8.37. The van der Waals surface area contributed by atoms with E-state index in [1.165, 1.54) is 12.0 Å². The summed E-state index contributed by atoms with van der Waals surface area (Å²) in [4.78, 5) is 0. The first-order chi connectivity index (χ1) is 6.33. The van der Waals surface area contributed by atoms with Crippen LogP contribution in [0.15, 0.2) is 30.3 Å². The Morgan fingerprint density at radius 1 is 1.23 bits per heavy atom. The van der Waals surface area contributed by atoms with Gasteiger partial charge in [0.2, 0.25) is 0 Å². The zero-order chi connectivity index (χ0) is 9.52. The van der Waals surface area contributed by atoms with Crippen LogP contribution in [0, 0.1) is 0 Å². The number of hydrogen-bond donors (Lipinski definition) is 1. The molecule has 1 aromatic carbocycles. The van der Waals surface area contributed by atoms with Gasteiger partial charge in [0.25, 0.3) is 0 Å². The molecule has 0 spiro atoms. The lowest BCUT2D eigenvalue weighted by Gasteiger charge is -2.07. The van der Waals surface area contributed by atoms with Gasteiger partial charge in [0.05, 0.1) is 0 Å². The molecule has 1 atom stereocenters. The molecule has 1 heteroatoms. The van der Waals surface area contributed by atoms with Gasteiger partial charge in [0.1, 0.15) is 0 Å². The van der Waals surface area contributed by atoms with Crippen LogP contribution in [-0.2, 0) is 6.42 Å². The van der Waals surface area contributed by atoms with E-state index >= 15 is 0 Å². The van der Waals surface area contributed by atoms with Gasteiger partial charge in [-0.25, -0.2) is 0 Å². The fraction of sp³-hybridized carbons (Fsp3) is 0.500. The topological polar surface area (TPSA) is 26.0 Å². The molecule has 1 nitrogen and oxygen atoms in total. The fourth-order valence-corrected chi connectivity index (χ4v) is 1.42. The summed E-state index contributed by atoms with van der Waals surface area (Å²) in [6.45, 7) is 2.15. The third-order valence-electron chi connectivity index (χ3n) is 2.41. The molecule has 72 valence electrons. The molecule has 0 radical (unpaired) electrons. The van der Waals surface area contributed by atoms with E-state index in [0.717, 1.165) is 19.3 Å². The number of hydrogen-bond acceptors (Lipinski definition) is 1. The van der Waals surface area contributed by atoms with Crippen LogP contribution in [0.25, 0.3) is 0 Å². The Morgan fingerprint density at radius 3 is 2.54 bits per heavy atom. The van der Waals surface area contributed by atoms with E-state index in [4.69, 9.17) is 5.73 Å². The third kappa shape index (κ3) is 4.09. The fourth-order valence-electron chi connectivity index (χ4n) is 1.42. The van der Waals surface area contributed by atoms with Crippen molar-refractivity contribution in [2.24, 2.45) is 5.73 Å². The van der Waals surface area contributed by atoms with Gasteiger partial charge in [-0.15, -0.1) is 0 Å². The number of nitrogens with two attached hydrogens (primary N) is 1. The molecule has 0 fully saturated rings. The molecular formula is C12H19N. The van der Waals surface area contributed by atoms with Crippen molar-refractivity contribution in [3.8, 4) is 0 Å². The third-order valence-corrected chi connectivity index (χ3v) is 2.41. The summed E-state index contributed by atoms with van der Waals surface area (Å²) in [7, 11) is 0. The lowest BCUT2D eigenvalue weighted by molar-refractivity contribution is 0.568. The Kier molecular flexibility index (Phi) is 4.55. The second kappa shape index (κ2) is 5.76. The van der Waals surface area contributed by atoms with Crippen LogP contribution in [0.2, 0.25) is 0 Å². The Hall–Kier alpha value is -0.820. The summed E-state index contributed by atoms with van der Waals surface area (Å²) in [5.74, 6) is 0. The maximum atomic E-state index is 5.84. The molecule has 0 heterocycles. The largest absolute Gasteiger partial charge is 0.328 e. The van der Waals surface area contributed by atoms with Crippen molar-refractivity contribution in [1.29, 1.82) is 0 Å². The molecule has 0 aliphatic rings. The average molecular weight is 177 g/mol. The van der Waals surface area contributed by atoms with Gasteiger partial charge < -0.3 is 5.73 Å². The quantitative estimate of drug-likeness (QED) is 0.735. The van der Waals surface area contributed by atoms with E-state index in [0.29, 0.717) is 6.04 Å². The first-order valence-corrected chi connectivity index (χ1v) is 5.12. The molecule has 0 aliphatic heterocycles. The Labute approximate surface area is 81.0 Å². The highest BCUT2D eigenvalue weighted by Gasteiger charge is 1.98. The van der Waals surface area contributed by atoms with Crippen molar-refractivity contribution in [2.45, 2.75) is 38.6 Å². The van der Waals surface area contributed by atoms with Crippen LogP contribution >= 0.6 is 0 Å². The minimum atomic E-state index is 0.392. The normalized spacial score (nSPS) is 12.8. The SMILES string of the molecule is CCC(N)CCCc1ccccc1. The maximum Gasteiger partial charge on any atom is 0.00363 e. The van der Waals surface area contributed by atoms with Gasteiger partial charge in [-0.3, -0.25) is 0 Å². The zero-order valence-corrected chi connectivity index (χ0v) is 8.37. The molecule has 0 aromatic heterocycles.